The SMILES string of the molecule is CC(C)C1(n2cc(CNC(=O)c3ccc(N)cc3O)nn2)Oc2cc3oc(=O)ccc3cc2C1=O. The van der Waals surface area contributed by atoms with Gasteiger partial charge in [0.05, 0.1) is 23.9 Å². The van der Waals surface area contributed by atoms with Crippen LogP contribution in [0.25, 0.3) is 11.0 Å². The number of nitrogen functional groups attached to an aromatic ring is 1. The van der Waals surface area contributed by atoms with Crippen molar-refractivity contribution in [3.8, 4) is 11.5 Å². The summed E-state index contributed by atoms with van der Waals surface area (Å²) in [6.45, 7) is 3.63. The summed E-state index contributed by atoms with van der Waals surface area (Å²) >= 11 is 0. The number of aromatic nitrogens is 3. The fourth-order valence-corrected chi connectivity index (χ4v) is 4.11. The van der Waals surface area contributed by atoms with Gasteiger partial charge in [0.15, 0.2) is 0 Å². The summed E-state index contributed by atoms with van der Waals surface area (Å²) in [7, 11) is 0. The van der Waals surface area contributed by atoms with Gasteiger partial charge in [-0.3, -0.25) is 9.59 Å². The molecule has 0 fully saturated rings. The second kappa shape index (κ2) is 7.97. The number of amides is 1. The van der Waals surface area contributed by atoms with Crippen LogP contribution in [0.5, 0.6) is 11.5 Å². The van der Waals surface area contributed by atoms with Crippen molar-refractivity contribution in [1.29, 1.82) is 0 Å². The highest BCUT2D eigenvalue weighted by atomic mass is 16.5. The Bertz CT molecular complexity index is 1560. The van der Waals surface area contributed by atoms with Crippen LogP contribution in [0.2, 0.25) is 0 Å². The Morgan fingerprint density at radius 2 is 2.00 bits per heavy atom. The zero-order valence-corrected chi connectivity index (χ0v) is 18.8. The third-order valence-corrected chi connectivity index (χ3v) is 5.92. The average Bonchev–Trinajstić information content (AvgIpc) is 3.39. The van der Waals surface area contributed by atoms with Gasteiger partial charge in [-0.2, -0.15) is 0 Å². The first-order chi connectivity index (χ1) is 16.7. The molecule has 5 rings (SSSR count). The maximum Gasteiger partial charge on any atom is 0.336 e. The number of anilines is 1. The minimum atomic E-state index is -1.51. The fraction of sp³-hybridized carbons (Fsp3) is 0.208. The molecule has 3 heterocycles. The molecule has 178 valence electrons. The third-order valence-electron chi connectivity index (χ3n) is 5.92. The van der Waals surface area contributed by atoms with Crippen LogP contribution in [0, 0.1) is 5.92 Å². The number of nitrogens with one attached hydrogen (secondary N) is 1. The van der Waals surface area contributed by atoms with Crippen LogP contribution in [0.15, 0.2) is 57.9 Å². The molecule has 4 N–H and O–H groups in total. The zero-order valence-electron chi connectivity index (χ0n) is 18.8. The minimum absolute atomic E-state index is 0.00694. The Kier molecular flexibility index (Phi) is 5.04. The first-order valence-corrected chi connectivity index (χ1v) is 10.8. The van der Waals surface area contributed by atoms with Crippen molar-refractivity contribution in [2.75, 3.05) is 5.73 Å². The van der Waals surface area contributed by atoms with E-state index in [0.29, 0.717) is 27.9 Å². The number of ketones is 1. The van der Waals surface area contributed by atoms with E-state index in [-0.39, 0.29) is 35.3 Å². The lowest BCUT2D eigenvalue weighted by atomic mass is 9.92. The second-order valence-electron chi connectivity index (χ2n) is 8.54. The van der Waals surface area contributed by atoms with Gasteiger partial charge in [0.25, 0.3) is 11.6 Å². The van der Waals surface area contributed by atoms with Crippen molar-refractivity contribution in [3.63, 3.8) is 0 Å². The van der Waals surface area contributed by atoms with Crippen LogP contribution in [0.1, 0.15) is 40.3 Å². The largest absolute Gasteiger partial charge is 0.507 e. The summed E-state index contributed by atoms with van der Waals surface area (Å²) in [6, 6.07) is 10.2. The normalized spacial score (nSPS) is 16.9. The lowest BCUT2D eigenvalue weighted by molar-refractivity contribution is -0.0241. The Balaban J connectivity index is 1.42. The quantitative estimate of drug-likeness (QED) is 0.290. The Morgan fingerprint density at radius 1 is 1.20 bits per heavy atom. The van der Waals surface area contributed by atoms with Gasteiger partial charge in [-0.05, 0) is 24.3 Å². The van der Waals surface area contributed by atoms with Crippen molar-refractivity contribution < 1.29 is 23.8 Å². The van der Waals surface area contributed by atoms with Crippen molar-refractivity contribution >= 4 is 28.3 Å². The number of hydrogen-bond donors (Lipinski definition) is 3. The molecule has 35 heavy (non-hydrogen) atoms. The summed E-state index contributed by atoms with van der Waals surface area (Å²) in [5, 5.41) is 21.4. The highest BCUT2D eigenvalue weighted by Crippen LogP contribution is 2.43. The van der Waals surface area contributed by atoms with Gasteiger partial charge in [-0.15, -0.1) is 5.10 Å². The Labute approximate surface area is 198 Å². The van der Waals surface area contributed by atoms with Crippen LogP contribution in [0.3, 0.4) is 0 Å². The molecule has 11 heteroatoms. The van der Waals surface area contributed by atoms with Crippen LogP contribution in [0.4, 0.5) is 5.69 Å². The maximum atomic E-state index is 13.6. The number of aromatic hydroxyl groups is 1. The number of Topliss-reactive ketones (excluding diaryl/α,β-unsaturated/α-hetero) is 1. The van der Waals surface area contributed by atoms with Gasteiger partial charge < -0.3 is 25.3 Å². The van der Waals surface area contributed by atoms with E-state index in [1.54, 1.807) is 12.1 Å². The summed E-state index contributed by atoms with van der Waals surface area (Å²) < 4.78 is 12.7. The molecule has 1 aliphatic rings. The predicted molar refractivity (Wildman–Crippen MR) is 124 cm³/mol. The lowest BCUT2D eigenvalue weighted by Gasteiger charge is -2.30. The molecule has 11 nitrogen and oxygen atoms in total. The van der Waals surface area contributed by atoms with E-state index in [1.807, 2.05) is 13.8 Å². The molecular weight excluding hydrogens is 454 g/mol. The van der Waals surface area contributed by atoms with Crippen LogP contribution in [-0.4, -0.2) is 31.8 Å². The lowest BCUT2D eigenvalue weighted by Crippen LogP contribution is -2.48. The van der Waals surface area contributed by atoms with Crippen molar-refractivity contribution in [2.24, 2.45) is 5.92 Å². The number of carbonyl (C=O) groups excluding carboxylic acids is 2. The van der Waals surface area contributed by atoms with Crippen molar-refractivity contribution in [3.05, 3.63) is 75.9 Å². The number of phenols is 1. The number of rotatable bonds is 5. The standard InChI is InChI=1S/C24H21N5O6/c1-12(2)24(22(32)17-7-13-3-6-21(31)34-19(13)9-20(17)35-24)29-11-15(27-28-29)10-26-23(33)16-5-4-14(25)8-18(16)30/h3-9,11-12,30H,10,25H2,1-2H3,(H,26,33). The second-order valence-corrected chi connectivity index (χ2v) is 8.54. The molecule has 1 amide bonds. The maximum absolute atomic E-state index is 13.6. The summed E-state index contributed by atoms with van der Waals surface area (Å²) in [5.74, 6) is -1.16. The van der Waals surface area contributed by atoms with Gasteiger partial charge in [-0.25, -0.2) is 9.48 Å². The van der Waals surface area contributed by atoms with Crippen LogP contribution in [-0.2, 0) is 12.3 Å². The summed E-state index contributed by atoms with van der Waals surface area (Å²) in [6.07, 6.45) is 1.52. The first-order valence-electron chi connectivity index (χ1n) is 10.8. The van der Waals surface area contributed by atoms with Crippen LogP contribution >= 0.6 is 0 Å². The van der Waals surface area contributed by atoms with Crippen molar-refractivity contribution in [2.45, 2.75) is 26.1 Å². The van der Waals surface area contributed by atoms with Gasteiger partial charge in [0.2, 0.25) is 5.78 Å². The van der Waals surface area contributed by atoms with E-state index in [9.17, 15) is 19.5 Å². The molecule has 0 saturated heterocycles. The fourth-order valence-electron chi connectivity index (χ4n) is 4.11. The molecule has 1 aliphatic heterocycles. The van der Waals surface area contributed by atoms with E-state index in [4.69, 9.17) is 14.9 Å². The number of nitrogens with two attached hydrogens (primary N) is 1. The Morgan fingerprint density at radius 3 is 2.74 bits per heavy atom. The molecule has 2 aromatic carbocycles. The molecule has 0 aliphatic carbocycles. The molecule has 0 radical (unpaired) electrons. The molecular formula is C24H21N5O6. The van der Waals surface area contributed by atoms with Gasteiger partial charge in [0, 0.05) is 35.2 Å². The number of phenolic OH excluding ortho intramolecular Hbond substituents is 1. The number of fused-ring (bicyclic) bond motifs is 2. The molecule has 2 aromatic heterocycles. The number of nitrogens with zero attached hydrogens (tertiary/aromatic N) is 3. The first kappa shape index (κ1) is 22.1. The number of ether oxygens (including phenoxy) is 1. The third kappa shape index (κ3) is 3.57. The predicted octanol–water partition coefficient (Wildman–Crippen LogP) is 2.19. The van der Waals surface area contributed by atoms with Crippen molar-refractivity contribution in [1.82, 2.24) is 20.3 Å². The molecule has 0 bridgehead atoms. The summed E-state index contributed by atoms with van der Waals surface area (Å²) in [4.78, 5) is 37.6. The van der Waals surface area contributed by atoms with E-state index < -0.39 is 17.3 Å². The van der Waals surface area contributed by atoms with E-state index in [2.05, 4.69) is 15.6 Å². The number of carbonyl (C=O) groups is 2. The molecule has 4 aromatic rings. The van der Waals surface area contributed by atoms with E-state index >= 15 is 0 Å². The highest BCUT2D eigenvalue weighted by Gasteiger charge is 2.53. The van der Waals surface area contributed by atoms with Gasteiger partial charge >= 0.3 is 5.63 Å². The molecule has 0 spiro atoms. The molecule has 1 atom stereocenters. The monoisotopic (exact) mass is 475 g/mol. The minimum Gasteiger partial charge on any atom is -0.507 e. The van der Waals surface area contributed by atoms with E-state index in [0.717, 1.165) is 0 Å². The zero-order chi connectivity index (χ0) is 24.9. The average molecular weight is 475 g/mol. The highest BCUT2D eigenvalue weighted by molar-refractivity contribution is 6.08. The molecule has 1 unspecified atom stereocenters. The van der Waals surface area contributed by atoms with Crippen LogP contribution < -0.4 is 21.4 Å². The smallest absolute Gasteiger partial charge is 0.336 e. The molecule has 0 saturated carbocycles. The number of hydrogen-bond acceptors (Lipinski definition) is 9. The number of benzene rings is 2. The topological polar surface area (TPSA) is 163 Å². The summed E-state index contributed by atoms with van der Waals surface area (Å²) in [5.41, 5.74) is 4.99. The van der Waals surface area contributed by atoms with Gasteiger partial charge in [-0.1, -0.05) is 19.1 Å². The van der Waals surface area contributed by atoms with E-state index in [1.165, 1.54) is 41.2 Å². The van der Waals surface area contributed by atoms with Gasteiger partial charge in [0.1, 0.15) is 22.8 Å². The Hall–Kier alpha value is -4.67.